The molecule has 0 aromatic heterocycles. The Kier molecular flexibility index (Phi) is 5.83. The van der Waals surface area contributed by atoms with Gasteiger partial charge in [0.1, 0.15) is 5.75 Å². The Balaban J connectivity index is 1.41. The van der Waals surface area contributed by atoms with Crippen molar-refractivity contribution < 1.29 is 9.47 Å². The van der Waals surface area contributed by atoms with Crippen LogP contribution in [0.3, 0.4) is 0 Å². The second kappa shape index (κ2) is 8.48. The summed E-state index contributed by atoms with van der Waals surface area (Å²) in [7, 11) is 3.57. The lowest BCUT2D eigenvalue weighted by Gasteiger charge is -2.30. The number of guanidine groups is 1. The standard InChI is InChI=1S/C21H32N4O2/c1-22-21(24-18-13-17-8-9-20(18)27-17)23-14-19(25-10-3-4-11-25)15-6-5-7-16(12-15)26-2/h5-7,12,17-20H,3-4,8-11,13-14H2,1-2H3,(H2,22,23,24). The molecule has 3 aliphatic heterocycles. The summed E-state index contributed by atoms with van der Waals surface area (Å²) < 4.78 is 11.4. The lowest BCUT2D eigenvalue weighted by atomic mass is 9.96. The molecule has 1 aromatic rings. The van der Waals surface area contributed by atoms with Crippen molar-refractivity contribution in [2.24, 2.45) is 4.99 Å². The summed E-state index contributed by atoms with van der Waals surface area (Å²) in [5, 5.41) is 7.16. The van der Waals surface area contributed by atoms with Gasteiger partial charge in [-0.25, -0.2) is 0 Å². The number of benzene rings is 1. The van der Waals surface area contributed by atoms with Crippen molar-refractivity contribution in [2.75, 3.05) is 33.8 Å². The highest BCUT2D eigenvalue weighted by Crippen LogP contribution is 2.34. The van der Waals surface area contributed by atoms with Gasteiger partial charge in [-0.05, 0) is 62.9 Å². The molecule has 0 spiro atoms. The minimum atomic E-state index is 0.317. The van der Waals surface area contributed by atoms with Crippen molar-refractivity contribution in [2.45, 2.75) is 56.4 Å². The third-order valence-corrected chi connectivity index (χ3v) is 6.17. The van der Waals surface area contributed by atoms with Crippen molar-refractivity contribution in [1.82, 2.24) is 15.5 Å². The number of nitrogens with zero attached hydrogens (tertiary/aromatic N) is 2. The minimum absolute atomic E-state index is 0.317. The molecule has 2 bridgehead atoms. The zero-order chi connectivity index (χ0) is 18.6. The van der Waals surface area contributed by atoms with E-state index < -0.39 is 0 Å². The summed E-state index contributed by atoms with van der Waals surface area (Å²) in [4.78, 5) is 7.02. The van der Waals surface area contributed by atoms with Gasteiger partial charge in [-0.3, -0.25) is 9.89 Å². The Morgan fingerprint density at radius 1 is 1.33 bits per heavy atom. The summed E-state index contributed by atoms with van der Waals surface area (Å²) in [6.07, 6.45) is 6.81. The number of hydrogen-bond acceptors (Lipinski definition) is 4. The largest absolute Gasteiger partial charge is 0.497 e. The van der Waals surface area contributed by atoms with E-state index in [2.05, 4.69) is 38.7 Å². The fourth-order valence-corrected chi connectivity index (χ4v) is 4.71. The lowest BCUT2D eigenvalue weighted by molar-refractivity contribution is 0.0992. The summed E-state index contributed by atoms with van der Waals surface area (Å²) in [5.74, 6) is 1.79. The number of likely N-dealkylation sites (tertiary alicyclic amines) is 1. The third kappa shape index (κ3) is 4.22. The van der Waals surface area contributed by atoms with Gasteiger partial charge < -0.3 is 20.1 Å². The van der Waals surface area contributed by atoms with E-state index >= 15 is 0 Å². The highest BCUT2D eigenvalue weighted by molar-refractivity contribution is 5.80. The monoisotopic (exact) mass is 372 g/mol. The Hall–Kier alpha value is -1.79. The van der Waals surface area contributed by atoms with Gasteiger partial charge in [0.15, 0.2) is 5.96 Å². The van der Waals surface area contributed by atoms with Crippen LogP contribution in [0.4, 0.5) is 0 Å². The smallest absolute Gasteiger partial charge is 0.191 e. The van der Waals surface area contributed by atoms with Crippen LogP contribution >= 0.6 is 0 Å². The normalized spacial score (nSPS) is 29.1. The van der Waals surface area contributed by atoms with Crippen LogP contribution in [0.15, 0.2) is 29.3 Å². The van der Waals surface area contributed by atoms with Crippen molar-refractivity contribution in [3.8, 4) is 5.75 Å². The van der Waals surface area contributed by atoms with Crippen LogP contribution in [-0.2, 0) is 4.74 Å². The lowest BCUT2D eigenvalue weighted by Crippen LogP contribution is -2.49. The number of rotatable bonds is 6. The number of nitrogens with one attached hydrogen (secondary N) is 2. The number of aliphatic imine (C=N–C) groups is 1. The van der Waals surface area contributed by atoms with Gasteiger partial charge >= 0.3 is 0 Å². The molecular formula is C21H32N4O2. The van der Waals surface area contributed by atoms with Gasteiger partial charge in [0.05, 0.1) is 31.4 Å². The molecule has 0 radical (unpaired) electrons. The summed E-state index contributed by atoms with van der Waals surface area (Å²) in [6, 6.07) is 9.15. The molecule has 3 saturated heterocycles. The molecule has 4 unspecified atom stereocenters. The zero-order valence-corrected chi connectivity index (χ0v) is 16.5. The maximum atomic E-state index is 5.96. The molecule has 0 saturated carbocycles. The first-order chi connectivity index (χ1) is 13.3. The molecule has 6 heteroatoms. The second-order valence-corrected chi connectivity index (χ2v) is 7.85. The van der Waals surface area contributed by atoms with Gasteiger partial charge in [0, 0.05) is 13.6 Å². The summed E-state index contributed by atoms with van der Waals surface area (Å²) >= 11 is 0. The Bertz CT molecular complexity index is 659. The molecule has 6 nitrogen and oxygen atoms in total. The van der Waals surface area contributed by atoms with E-state index in [0.29, 0.717) is 24.3 Å². The van der Waals surface area contributed by atoms with E-state index in [1.165, 1.54) is 31.2 Å². The highest BCUT2D eigenvalue weighted by atomic mass is 16.5. The van der Waals surface area contributed by atoms with Gasteiger partial charge in [0.25, 0.3) is 0 Å². The summed E-state index contributed by atoms with van der Waals surface area (Å²) in [6.45, 7) is 3.13. The fourth-order valence-electron chi connectivity index (χ4n) is 4.71. The molecule has 3 aliphatic rings. The molecule has 4 atom stereocenters. The molecule has 3 fully saturated rings. The molecule has 0 aliphatic carbocycles. The molecule has 1 aromatic carbocycles. The Morgan fingerprint density at radius 3 is 2.85 bits per heavy atom. The first-order valence-electron chi connectivity index (χ1n) is 10.3. The minimum Gasteiger partial charge on any atom is -0.497 e. The van der Waals surface area contributed by atoms with Crippen molar-refractivity contribution >= 4 is 5.96 Å². The number of fused-ring (bicyclic) bond motifs is 2. The SMILES string of the molecule is CN=C(NCC(c1cccc(OC)c1)N1CCCC1)NC1CC2CCC1O2. The molecule has 0 amide bonds. The van der Waals surface area contributed by atoms with Crippen LogP contribution in [0, 0.1) is 0 Å². The zero-order valence-electron chi connectivity index (χ0n) is 16.5. The second-order valence-electron chi connectivity index (χ2n) is 7.85. The molecule has 27 heavy (non-hydrogen) atoms. The predicted octanol–water partition coefficient (Wildman–Crippen LogP) is 2.32. The van der Waals surface area contributed by atoms with E-state index in [1.807, 2.05) is 13.1 Å². The summed E-state index contributed by atoms with van der Waals surface area (Å²) in [5.41, 5.74) is 1.29. The predicted molar refractivity (Wildman–Crippen MR) is 107 cm³/mol. The molecule has 4 rings (SSSR count). The Morgan fingerprint density at radius 2 is 2.19 bits per heavy atom. The van der Waals surface area contributed by atoms with Crippen LogP contribution in [0.2, 0.25) is 0 Å². The molecule has 2 N–H and O–H groups in total. The van der Waals surface area contributed by atoms with Crippen molar-refractivity contribution in [1.29, 1.82) is 0 Å². The van der Waals surface area contributed by atoms with E-state index in [0.717, 1.165) is 37.8 Å². The quantitative estimate of drug-likeness (QED) is 0.593. The van der Waals surface area contributed by atoms with E-state index in [-0.39, 0.29) is 0 Å². The number of methoxy groups -OCH3 is 1. The first kappa shape index (κ1) is 18.6. The van der Waals surface area contributed by atoms with Crippen molar-refractivity contribution in [3.05, 3.63) is 29.8 Å². The van der Waals surface area contributed by atoms with Crippen LogP contribution < -0.4 is 15.4 Å². The Labute approximate surface area is 162 Å². The van der Waals surface area contributed by atoms with E-state index in [1.54, 1.807) is 7.11 Å². The van der Waals surface area contributed by atoms with E-state index in [4.69, 9.17) is 9.47 Å². The number of hydrogen-bond donors (Lipinski definition) is 2. The van der Waals surface area contributed by atoms with Gasteiger partial charge in [-0.15, -0.1) is 0 Å². The molecule has 148 valence electrons. The first-order valence-corrected chi connectivity index (χ1v) is 10.3. The van der Waals surface area contributed by atoms with Crippen LogP contribution in [-0.4, -0.2) is 62.9 Å². The highest BCUT2D eigenvalue weighted by Gasteiger charge is 2.41. The van der Waals surface area contributed by atoms with Crippen LogP contribution in [0.1, 0.15) is 43.7 Å². The van der Waals surface area contributed by atoms with Gasteiger partial charge in [0.2, 0.25) is 0 Å². The van der Waals surface area contributed by atoms with Gasteiger partial charge in [-0.1, -0.05) is 12.1 Å². The van der Waals surface area contributed by atoms with Crippen LogP contribution in [0.5, 0.6) is 5.75 Å². The van der Waals surface area contributed by atoms with E-state index in [9.17, 15) is 0 Å². The van der Waals surface area contributed by atoms with Crippen molar-refractivity contribution in [3.63, 3.8) is 0 Å². The maximum absolute atomic E-state index is 5.96. The van der Waals surface area contributed by atoms with Gasteiger partial charge in [-0.2, -0.15) is 0 Å². The average molecular weight is 373 g/mol. The van der Waals surface area contributed by atoms with Crippen LogP contribution in [0.25, 0.3) is 0 Å². The number of ether oxygens (including phenoxy) is 2. The fraction of sp³-hybridized carbons (Fsp3) is 0.667. The third-order valence-electron chi connectivity index (χ3n) is 6.17. The molecular weight excluding hydrogens is 340 g/mol. The molecule has 3 heterocycles. The maximum Gasteiger partial charge on any atom is 0.191 e. The topological polar surface area (TPSA) is 58.1 Å². The average Bonchev–Trinajstić information content (AvgIpc) is 3.46.